The molecule has 0 radical (unpaired) electrons. The van der Waals surface area contributed by atoms with Gasteiger partial charge < -0.3 is 19.9 Å². The number of rotatable bonds is 6. The van der Waals surface area contributed by atoms with Crippen LogP contribution in [0.4, 0.5) is 21.5 Å². The molecule has 138 valence electrons. The molecule has 1 heterocycles. The molecule has 3 rings (SSSR count). The minimum atomic E-state index is -0.306. The van der Waals surface area contributed by atoms with Crippen LogP contribution in [0, 0.1) is 5.82 Å². The van der Waals surface area contributed by atoms with Gasteiger partial charge in [-0.15, -0.1) is 0 Å². The zero-order valence-electron chi connectivity index (χ0n) is 15.0. The van der Waals surface area contributed by atoms with Crippen molar-refractivity contribution in [3.05, 3.63) is 54.3 Å². The highest BCUT2D eigenvalue weighted by atomic mass is 19.1. The van der Waals surface area contributed by atoms with Crippen LogP contribution in [0.2, 0.25) is 0 Å². The Morgan fingerprint density at radius 3 is 2.58 bits per heavy atom. The molecule has 5 nitrogen and oxygen atoms in total. The van der Waals surface area contributed by atoms with E-state index in [2.05, 4.69) is 10.2 Å². The number of carbonyl (C=O) groups is 1. The predicted molar refractivity (Wildman–Crippen MR) is 102 cm³/mol. The molecule has 0 aliphatic carbocycles. The van der Waals surface area contributed by atoms with Gasteiger partial charge >= 0.3 is 0 Å². The summed E-state index contributed by atoms with van der Waals surface area (Å²) in [6, 6.07) is 14.1. The molecular weight excluding hydrogens is 333 g/mol. The molecule has 1 saturated heterocycles. The molecule has 1 amide bonds. The lowest BCUT2D eigenvalue weighted by atomic mass is 10.2. The van der Waals surface area contributed by atoms with E-state index in [0.717, 1.165) is 37.7 Å². The van der Waals surface area contributed by atoms with Crippen LogP contribution in [0.3, 0.4) is 0 Å². The van der Waals surface area contributed by atoms with Gasteiger partial charge in [0, 0.05) is 36.7 Å². The van der Waals surface area contributed by atoms with Crippen molar-refractivity contribution in [3.63, 3.8) is 0 Å². The lowest BCUT2D eigenvalue weighted by Crippen LogP contribution is -2.36. The molecule has 2 aromatic rings. The van der Waals surface area contributed by atoms with E-state index < -0.39 is 0 Å². The highest BCUT2D eigenvalue weighted by Crippen LogP contribution is 2.19. The first-order chi connectivity index (χ1) is 12.7. The van der Waals surface area contributed by atoms with Crippen molar-refractivity contribution < 1.29 is 13.9 Å². The third-order valence-electron chi connectivity index (χ3n) is 4.42. The molecule has 0 spiro atoms. The van der Waals surface area contributed by atoms with E-state index in [-0.39, 0.29) is 18.3 Å². The van der Waals surface area contributed by atoms with Crippen LogP contribution in [0.15, 0.2) is 48.5 Å². The molecule has 0 aromatic heterocycles. The summed E-state index contributed by atoms with van der Waals surface area (Å²) in [5.74, 6) is -0.435. The topological polar surface area (TPSA) is 44.8 Å². The van der Waals surface area contributed by atoms with Gasteiger partial charge in [0.25, 0.3) is 0 Å². The van der Waals surface area contributed by atoms with E-state index in [1.807, 2.05) is 36.1 Å². The quantitative estimate of drug-likeness (QED) is 0.863. The maximum Gasteiger partial charge on any atom is 0.243 e. The van der Waals surface area contributed by atoms with E-state index in [4.69, 9.17) is 4.74 Å². The summed E-state index contributed by atoms with van der Waals surface area (Å²) in [4.78, 5) is 16.4. The SMILES string of the molecule is CCN(CC(=O)Nc1ccc(N2CCOCC2)cc1)c1cccc(F)c1. The molecule has 1 aliphatic heterocycles. The third kappa shape index (κ3) is 4.73. The Labute approximate surface area is 153 Å². The van der Waals surface area contributed by atoms with Crippen LogP contribution < -0.4 is 15.1 Å². The number of carbonyl (C=O) groups excluding carboxylic acids is 1. The molecule has 0 bridgehead atoms. The first-order valence-electron chi connectivity index (χ1n) is 8.89. The first-order valence-corrected chi connectivity index (χ1v) is 8.89. The average molecular weight is 357 g/mol. The van der Waals surface area contributed by atoms with Crippen molar-refractivity contribution in [2.75, 3.05) is 54.5 Å². The maximum atomic E-state index is 13.4. The number of morpholine rings is 1. The summed E-state index contributed by atoms with van der Waals surface area (Å²) in [6.45, 7) is 5.97. The molecule has 1 N–H and O–H groups in total. The van der Waals surface area contributed by atoms with Gasteiger partial charge in [-0.25, -0.2) is 4.39 Å². The van der Waals surface area contributed by atoms with E-state index >= 15 is 0 Å². The summed E-state index contributed by atoms with van der Waals surface area (Å²) >= 11 is 0. The number of nitrogens with one attached hydrogen (secondary N) is 1. The molecular formula is C20H24FN3O2. The van der Waals surface area contributed by atoms with Gasteiger partial charge in [0.2, 0.25) is 5.91 Å². The van der Waals surface area contributed by atoms with Gasteiger partial charge in [0.15, 0.2) is 0 Å². The highest BCUT2D eigenvalue weighted by Gasteiger charge is 2.13. The Morgan fingerprint density at radius 1 is 1.19 bits per heavy atom. The number of hydrogen-bond donors (Lipinski definition) is 1. The number of ether oxygens (including phenoxy) is 1. The fourth-order valence-electron chi connectivity index (χ4n) is 3.01. The number of hydrogen-bond acceptors (Lipinski definition) is 4. The monoisotopic (exact) mass is 357 g/mol. The van der Waals surface area contributed by atoms with E-state index in [1.54, 1.807) is 12.1 Å². The van der Waals surface area contributed by atoms with Crippen molar-refractivity contribution in [2.45, 2.75) is 6.92 Å². The second-order valence-electron chi connectivity index (χ2n) is 6.19. The minimum Gasteiger partial charge on any atom is -0.378 e. The average Bonchev–Trinajstić information content (AvgIpc) is 2.67. The lowest BCUT2D eigenvalue weighted by Gasteiger charge is -2.29. The number of benzene rings is 2. The fourth-order valence-corrected chi connectivity index (χ4v) is 3.01. The Balaban J connectivity index is 1.58. The molecule has 0 saturated carbocycles. The molecule has 0 unspecified atom stereocenters. The lowest BCUT2D eigenvalue weighted by molar-refractivity contribution is -0.115. The molecule has 6 heteroatoms. The molecule has 26 heavy (non-hydrogen) atoms. The van der Waals surface area contributed by atoms with Crippen LogP contribution >= 0.6 is 0 Å². The standard InChI is InChI=1S/C20H24FN3O2/c1-2-23(19-5-3-4-16(21)14-19)15-20(25)22-17-6-8-18(9-7-17)24-10-12-26-13-11-24/h3-9,14H,2,10-13,15H2,1H3,(H,22,25). The Bertz CT molecular complexity index is 730. The molecule has 1 fully saturated rings. The third-order valence-corrected chi connectivity index (χ3v) is 4.42. The van der Waals surface area contributed by atoms with Crippen LogP contribution in [-0.2, 0) is 9.53 Å². The van der Waals surface area contributed by atoms with Crippen molar-refractivity contribution in [2.24, 2.45) is 0 Å². The fraction of sp³-hybridized carbons (Fsp3) is 0.350. The van der Waals surface area contributed by atoms with Crippen LogP contribution in [0.25, 0.3) is 0 Å². The second-order valence-corrected chi connectivity index (χ2v) is 6.19. The Hall–Kier alpha value is -2.60. The van der Waals surface area contributed by atoms with E-state index in [1.165, 1.54) is 12.1 Å². The van der Waals surface area contributed by atoms with E-state index in [9.17, 15) is 9.18 Å². The van der Waals surface area contributed by atoms with Gasteiger partial charge in [0.1, 0.15) is 5.82 Å². The zero-order valence-corrected chi connectivity index (χ0v) is 15.0. The Kier molecular flexibility index (Phi) is 6.07. The van der Waals surface area contributed by atoms with Crippen molar-refractivity contribution in [3.8, 4) is 0 Å². The minimum absolute atomic E-state index is 0.129. The Morgan fingerprint density at radius 2 is 1.92 bits per heavy atom. The van der Waals surface area contributed by atoms with Gasteiger partial charge in [0.05, 0.1) is 19.8 Å². The van der Waals surface area contributed by atoms with Gasteiger partial charge in [-0.1, -0.05) is 6.07 Å². The summed E-state index contributed by atoms with van der Waals surface area (Å²) < 4.78 is 18.8. The van der Waals surface area contributed by atoms with Crippen molar-refractivity contribution in [1.82, 2.24) is 0 Å². The van der Waals surface area contributed by atoms with Crippen LogP contribution in [-0.4, -0.2) is 45.3 Å². The predicted octanol–water partition coefficient (Wildman–Crippen LogP) is 3.13. The number of amides is 1. The highest BCUT2D eigenvalue weighted by molar-refractivity contribution is 5.94. The smallest absolute Gasteiger partial charge is 0.243 e. The summed E-state index contributed by atoms with van der Waals surface area (Å²) in [6.07, 6.45) is 0. The first kappa shape index (κ1) is 18.2. The largest absolute Gasteiger partial charge is 0.378 e. The van der Waals surface area contributed by atoms with Gasteiger partial charge in [-0.2, -0.15) is 0 Å². The number of nitrogens with zero attached hydrogens (tertiary/aromatic N) is 2. The second kappa shape index (κ2) is 8.67. The summed E-state index contributed by atoms with van der Waals surface area (Å²) in [7, 11) is 0. The number of likely N-dealkylation sites (N-methyl/N-ethyl adjacent to an activating group) is 1. The number of anilines is 3. The zero-order chi connectivity index (χ0) is 18.4. The van der Waals surface area contributed by atoms with Gasteiger partial charge in [-0.3, -0.25) is 4.79 Å². The number of halogens is 1. The van der Waals surface area contributed by atoms with Crippen molar-refractivity contribution in [1.29, 1.82) is 0 Å². The van der Waals surface area contributed by atoms with E-state index in [0.29, 0.717) is 12.2 Å². The van der Waals surface area contributed by atoms with Crippen molar-refractivity contribution >= 4 is 23.0 Å². The molecule has 1 aliphatic rings. The van der Waals surface area contributed by atoms with Gasteiger partial charge in [-0.05, 0) is 49.4 Å². The normalized spacial score (nSPS) is 14.2. The molecule has 0 atom stereocenters. The summed E-state index contributed by atoms with van der Waals surface area (Å²) in [5, 5.41) is 2.90. The molecule has 2 aromatic carbocycles. The van der Waals surface area contributed by atoms with Crippen LogP contribution in [0.5, 0.6) is 0 Å². The van der Waals surface area contributed by atoms with Crippen LogP contribution in [0.1, 0.15) is 6.92 Å². The summed E-state index contributed by atoms with van der Waals surface area (Å²) in [5.41, 5.74) is 2.58. The maximum absolute atomic E-state index is 13.4.